The van der Waals surface area contributed by atoms with E-state index in [4.69, 9.17) is 4.74 Å². The number of aryl methyl sites for hydroxylation is 1. The Kier molecular flexibility index (Phi) is 5.46. The minimum Gasteiger partial charge on any atom is -0.497 e. The number of ketones is 2. The van der Waals surface area contributed by atoms with E-state index in [9.17, 15) is 9.59 Å². The third kappa shape index (κ3) is 3.69. The van der Waals surface area contributed by atoms with Gasteiger partial charge in [-0.2, -0.15) is 4.52 Å². The number of carbonyl (C=O) groups excluding carboxylic acids is 2. The van der Waals surface area contributed by atoms with Gasteiger partial charge in [-0.15, -0.1) is 5.10 Å². The predicted molar refractivity (Wildman–Crippen MR) is 152 cm³/mol. The fourth-order valence-corrected chi connectivity index (χ4v) is 6.85. The molecule has 0 spiro atoms. The number of anilines is 1. The van der Waals surface area contributed by atoms with Crippen LogP contribution in [0.25, 0.3) is 16.6 Å². The molecule has 0 amide bonds. The number of rotatable bonds is 3. The monoisotopic (exact) mass is 533 g/mol. The second kappa shape index (κ2) is 8.84. The van der Waals surface area contributed by atoms with Crippen LogP contribution in [-0.4, -0.2) is 38.7 Å². The molecule has 0 bridgehead atoms. The molecule has 7 rings (SSSR count). The SMILES string of the molecule is COc1ccc(N2C3=C(C(=O)CCC3)C(c3cc4cc(C)ccc4n4nnnc34)C3=C2CC(C)(C)CC3=O)cc1. The molecule has 0 radical (unpaired) electrons. The molecule has 8 nitrogen and oxygen atoms in total. The summed E-state index contributed by atoms with van der Waals surface area (Å²) in [6, 6.07) is 16.1. The van der Waals surface area contributed by atoms with Crippen LogP contribution in [0.2, 0.25) is 0 Å². The first-order chi connectivity index (χ1) is 19.3. The van der Waals surface area contributed by atoms with Crippen LogP contribution in [0, 0.1) is 12.3 Å². The number of methoxy groups -OCH3 is 1. The molecule has 1 atom stereocenters. The lowest BCUT2D eigenvalue weighted by atomic mass is 9.66. The summed E-state index contributed by atoms with van der Waals surface area (Å²) in [5.41, 5.74) is 7.45. The normalized spacial score (nSPS) is 20.8. The largest absolute Gasteiger partial charge is 0.497 e. The number of ether oxygens (including phenoxy) is 1. The first kappa shape index (κ1) is 24.7. The molecule has 2 aliphatic carbocycles. The van der Waals surface area contributed by atoms with Crippen molar-refractivity contribution in [1.82, 2.24) is 20.0 Å². The highest BCUT2D eigenvalue weighted by molar-refractivity contribution is 6.08. The Balaban J connectivity index is 1.55. The van der Waals surface area contributed by atoms with Gasteiger partial charge in [-0.1, -0.05) is 25.5 Å². The Morgan fingerprint density at radius 1 is 0.925 bits per heavy atom. The van der Waals surface area contributed by atoms with Crippen molar-refractivity contribution in [2.75, 3.05) is 12.0 Å². The van der Waals surface area contributed by atoms with Gasteiger partial charge in [-0.25, -0.2) is 0 Å². The van der Waals surface area contributed by atoms with E-state index in [2.05, 4.69) is 53.3 Å². The maximum atomic E-state index is 14.2. The molecule has 202 valence electrons. The van der Waals surface area contributed by atoms with E-state index in [0.717, 1.165) is 64.1 Å². The number of nitrogens with zero attached hydrogens (tertiary/aromatic N) is 5. The van der Waals surface area contributed by atoms with Crippen LogP contribution in [0.3, 0.4) is 0 Å². The van der Waals surface area contributed by atoms with E-state index in [1.54, 1.807) is 11.6 Å². The molecule has 1 aliphatic heterocycles. The fourth-order valence-electron chi connectivity index (χ4n) is 6.85. The van der Waals surface area contributed by atoms with Gasteiger partial charge in [0.05, 0.1) is 12.6 Å². The zero-order valence-corrected chi connectivity index (χ0v) is 23.2. The minimum atomic E-state index is -0.519. The highest BCUT2D eigenvalue weighted by Gasteiger charge is 2.47. The second-order valence-electron chi connectivity index (χ2n) is 12.0. The quantitative estimate of drug-likeness (QED) is 0.326. The van der Waals surface area contributed by atoms with Crippen molar-refractivity contribution in [3.63, 3.8) is 0 Å². The Labute approximate surface area is 232 Å². The minimum absolute atomic E-state index is 0.0784. The molecule has 3 heterocycles. The number of hydrogen-bond donors (Lipinski definition) is 0. The number of tetrazole rings is 1. The van der Waals surface area contributed by atoms with Gasteiger partial charge in [0, 0.05) is 57.9 Å². The highest BCUT2D eigenvalue weighted by Crippen LogP contribution is 2.54. The van der Waals surface area contributed by atoms with Gasteiger partial charge in [0.15, 0.2) is 17.2 Å². The van der Waals surface area contributed by atoms with Crippen molar-refractivity contribution >= 4 is 33.8 Å². The highest BCUT2D eigenvalue weighted by atomic mass is 16.5. The van der Waals surface area contributed by atoms with Gasteiger partial charge in [0.1, 0.15) is 5.75 Å². The van der Waals surface area contributed by atoms with Gasteiger partial charge in [-0.3, -0.25) is 9.59 Å². The lowest BCUT2D eigenvalue weighted by Crippen LogP contribution is -2.42. The molecular formula is C32H31N5O3. The molecule has 0 N–H and O–H groups in total. The van der Waals surface area contributed by atoms with Gasteiger partial charge in [-0.05, 0) is 84.5 Å². The van der Waals surface area contributed by atoms with Crippen molar-refractivity contribution in [1.29, 1.82) is 0 Å². The average molecular weight is 534 g/mol. The van der Waals surface area contributed by atoms with Crippen molar-refractivity contribution in [3.8, 4) is 5.75 Å². The van der Waals surface area contributed by atoms with Crippen molar-refractivity contribution in [2.45, 2.75) is 58.8 Å². The summed E-state index contributed by atoms with van der Waals surface area (Å²) in [6.45, 7) is 6.34. The first-order valence-corrected chi connectivity index (χ1v) is 13.8. The van der Waals surface area contributed by atoms with Gasteiger partial charge in [0.25, 0.3) is 0 Å². The Morgan fingerprint density at radius 2 is 1.70 bits per heavy atom. The fraction of sp³-hybridized carbons (Fsp3) is 0.344. The maximum Gasteiger partial charge on any atom is 0.184 e. The molecule has 4 aromatic rings. The van der Waals surface area contributed by atoms with Crippen LogP contribution in [0.15, 0.2) is 71.1 Å². The number of fused-ring (bicyclic) bond motifs is 3. The van der Waals surface area contributed by atoms with E-state index in [0.29, 0.717) is 29.6 Å². The van der Waals surface area contributed by atoms with E-state index in [1.807, 2.05) is 36.4 Å². The second-order valence-corrected chi connectivity index (χ2v) is 12.0. The first-order valence-electron chi connectivity index (χ1n) is 13.8. The van der Waals surface area contributed by atoms with Gasteiger partial charge < -0.3 is 9.64 Å². The van der Waals surface area contributed by atoms with Crippen molar-refractivity contribution < 1.29 is 14.3 Å². The van der Waals surface area contributed by atoms with E-state index in [-0.39, 0.29) is 17.0 Å². The summed E-state index contributed by atoms with van der Waals surface area (Å²) in [5, 5.41) is 13.7. The van der Waals surface area contributed by atoms with Crippen LogP contribution in [-0.2, 0) is 9.59 Å². The number of allylic oxidation sites excluding steroid dienone is 4. The molecule has 2 aromatic carbocycles. The summed E-state index contributed by atoms with van der Waals surface area (Å²) in [7, 11) is 1.65. The smallest absolute Gasteiger partial charge is 0.184 e. The van der Waals surface area contributed by atoms with Gasteiger partial charge >= 0.3 is 0 Å². The van der Waals surface area contributed by atoms with Crippen LogP contribution >= 0.6 is 0 Å². The number of carbonyl (C=O) groups is 2. The number of hydrogen-bond acceptors (Lipinski definition) is 7. The molecule has 1 unspecified atom stereocenters. The Hall–Kier alpha value is -4.33. The summed E-state index contributed by atoms with van der Waals surface area (Å²) in [6.07, 6.45) is 3.12. The molecule has 8 heteroatoms. The van der Waals surface area contributed by atoms with Crippen LogP contribution in [0.5, 0.6) is 5.75 Å². The van der Waals surface area contributed by atoms with E-state index >= 15 is 0 Å². The molecule has 0 saturated heterocycles. The van der Waals surface area contributed by atoms with E-state index in [1.165, 1.54) is 0 Å². The molecular weight excluding hydrogens is 502 g/mol. The predicted octanol–water partition coefficient (Wildman–Crippen LogP) is 5.85. The zero-order valence-electron chi connectivity index (χ0n) is 23.2. The number of aromatic nitrogens is 4. The maximum absolute atomic E-state index is 14.2. The standard InChI is InChI=1S/C32H31N5O3/c1-18-8-13-23-19(14-18)15-22(31-33-34-35-37(23)31)28-29-24(6-5-7-26(29)38)36(20-9-11-21(40-4)12-10-20)25-16-32(2,3)17-27(39)30(25)28/h8-15,28H,5-7,16-17H2,1-4H3. The summed E-state index contributed by atoms with van der Waals surface area (Å²) >= 11 is 0. The lowest BCUT2D eigenvalue weighted by Gasteiger charge is -2.46. The molecule has 0 saturated carbocycles. The number of Topliss-reactive ketones (excluding diaryl/α,β-unsaturated/α-hetero) is 2. The summed E-state index contributed by atoms with van der Waals surface area (Å²) < 4.78 is 7.16. The average Bonchev–Trinajstić information content (AvgIpc) is 3.41. The number of benzene rings is 2. The van der Waals surface area contributed by atoms with Crippen molar-refractivity contribution in [2.24, 2.45) is 5.41 Å². The molecule has 40 heavy (non-hydrogen) atoms. The topological polar surface area (TPSA) is 89.7 Å². The van der Waals surface area contributed by atoms with Crippen LogP contribution < -0.4 is 9.64 Å². The van der Waals surface area contributed by atoms with Crippen LogP contribution in [0.4, 0.5) is 5.69 Å². The molecule has 0 fully saturated rings. The molecule has 3 aliphatic rings. The van der Waals surface area contributed by atoms with Crippen LogP contribution in [0.1, 0.15) is 63.0 Å². The molecule has 2 aromatic heterocycles. The Morgan fingerprint density at radius 3 is 2.48 bits per heavy atom. The third-order valence-corrected chi connectivity index (χ3v) is 8.53. The third-order valence-electron chi connectivity index (χ3n) is 8.53. The zero-order chi connectivity index (χ0) is 27.8. The summed E-state index contributed by atoms with van der Waals surface area (Å²) in [5.74, 6) is 0.405. The van der Waals surface area contributed by atoms with Gasteiger partial charge in [0.2, 0.25) is 0 Å². The Bertz CT molecular complexity index is 1790. The number of pyridine rings is 1. The van der Waals surface area contributed by atoms with Crippen molar-refractivity contribution in [3.05, 3.63) is 82.2 Å². The van der Waals surface area contributed by atoms with E-state index < -0.39 is 5.92 Å². The lowest BCUT2D eigenvalue weighted by molar-refractivity contribution is -0.118. The summed E-state index contributed by atoms with van der Waals surface area (Å²) in [4.78, 5) is 30.3.